The second kappa shape index (κ2) is 6.31. The van der Waals surface area contributed by atoms with E-state index in [2.05, 4.69) is 0 Å². The van der Waals surface area contributed by atoms with Gasteiger partial charge in [-0.25, -0.2) is 4.79 Å². The number of carboxylic acids is 1. The Kier molecular flexibility index (Phi) is 4.48. The van der Waals surface area contributed by atoms with Crippen molar-refractivity contribution in [1.29, 1.82) is 0 Å². The summed E-state index contributed by atoms with van der Waals surface area (Å²) >= 11 is 0. The van der Waals surface area contributed by atoms with Crippen molar-refractivity contribution in [1.82, 2.24) is 0 Å². The molecule has 2 aromatic rings. The number of carbonyl (C=O) groups is 1. The van der Waals surface area contributed by atoms with Gasteiger partial charge in [-0.15, -0.1) is 0 Å². The van der Waals surface area contributed by atoms with Gasteiger partial charge in [0.15, 0.2) is 0 Å². The first-order valence-electron chi connectivity index (χ1n) is 6.80. The molecule has 110 valence electrons. The Bertz CT molecular complexity index is 648. The number of phenols is 1. The normalized spacial score (nSPS) is 10.4. The molecule has 2 N–H and O–H groups in total. The number of rotatable bonds is 5. The van der Waals surface area contributed by atoms with Crippen LogP contribution in [-0.2, 0) is 13.0 Å². The van der Waals surface area contributed by atoms with Crippen LogP contribution < -0.4 is 4.74 Å². The van der Waals surface area contributed by atoms with Crippen LogP contribution in [0.5, 0.6) is 11.5 Å². The van der Waals surface area contributed by atoms with Gasteiger partial charge in [0, 0.05) is 5.56 Å². The molecule has 2 rings (SSSR count). The van der Waals surface area contributed by atoms with E-state index >= 15 is 0 Å². The zero-order valence-corrected chi connectivity index (χ0v) is 12.1. The van der Waals surface area contributed by atoms with Crippen molar-refractivity contribution in [2.24, 2.45) is 0 Å². The summed E-state index contributed by atoms with van der Waals surface area (Å²) in [7, 11) is 0. The van der Waals surface area contributed by atoms with E-state index < -0.39 is 5.97 Å². The third kappa shape index (κ3) is 3.16. The number of aryl methyl sites for hydroxylation is 1. The highest BCUT2D eigenvalue weighted by Gasteiger charge is 2.20. The number of carboxylic acid groups (broad SMARTS) is 1. The van der Waals surface area contributed by atoms with E-state index in [1.165, 1.54) is 0 Å². The van der Waals surface area contributed by atoms with Crippen LogP contribution in [0.1, 0.15) is 34.0 Å². The zero-order valence-electron chi connectivity index (χ0n) is 12.1. The molecular formula is C17H18O4. The molecule has 0 radical (unpaired) electrons. The molecule has 21 heavy (non-hydrogen) atoms. The van der Waals surface area contributed by atoms with Crippen molar-refractivity contribution >= 4 is 5.97 Å². The summed E-state index contributed by atoms with van der Waals surface area (Å²) in [5.74, 6) is -0.802. The van der Waals surface area contributed by atoms with Gasteiger partial charge in [0.2, 0.25) is 0 Å². The van der Waals surface area contributed by atoms with Gasteiger partial charge in [0.25, 0.3) is 0 Å². The number of hydrogen-bond acceptors (Lipinski definition) is 3. The first-order valence-corrected chi connectivity index (χ1v) is 6.80. The first kappa shape index (κ1) is 14.9. The minimum Gasteiger partial charge on any atom is -0.507 e. The SMILES string of the molecule is CCc1c(OCc2ccccc2)cc(C)c(C(=O)O)c1O. The van der Waals surface area contributed by atoms with Crippen LogP contribution in [0.15, 0.2) is 36.4 Å². The molecule has 0 heterocycles. The van der Waals surface area contributed by atoms with Gasteiger partial charge in [-0.3, -0.25) is 0 Å². The number of aromatic hydroxyl groups is 1. The average Bonchev–Trinajstić information content (AvgIpc) is 2.45. The molecule has 2 aromatic carbocycles. The molecule has 0 saturated heterocycles. The molecule has 4 heteroatoms. The van der Waals surface area contributed by atoms with Gasteiger partial charge in [-0.05, 0) is 30.5 Å². The van der Waals surface area contributed by atoms with Crippen molar-refractivity contribution in [2.75, 3.05) is 0 Å². The highest BCUT2D eigenvalue weighted by Crippen LogP contribution is 2.35. The number of hydrogen-bond donors (Lipinski definition) is 2. The number of ether oxygens (including phenoxy) is 1. The number of aromatic carboxylic acids is 1. The van der Waals surface area contributed by atoms with Gasteiger partial charge < -0.3 is 14.9 Å². The molecule has 0 amide bonds. The lowest BCUT2D eigenvalue weighted by atomic mass is 10.0. The maximum absolute atomic E-state index is 11.2. The summed E-state index contributed by atoms with van der Waals surface area (Å²) in [6, 6.07) is 11.4. The lowest BCUT2D eigenvalue weighted by Crippen LogP contribution is -2.05. The smallest absolute Gasteiger partial charge is 0.339 e. The Labute approximate surface area is 123 Å². The molecular weight excluding hydrogens is 268 g/mol. The molecule has 0 aliphatic rings. The molecule has 0 bridgehead atoms. The molecule has 0 unspecified atom stereocenters. The van der Waals surface area contributed by atoms with Crippen molar-refractivity contribution in [3.63, 3.8) is 0 Å². The van der Waals surface area contributed by atoms with Gasteiger partial charge in [-0.1, -0.05) is 37.3 Å². The summed E-state index contributed by atoms with van der Waals surface area (Å²) in [6.07, 6.45) is 0.497. The molecule has 0 aromatic heterocycles. The van der Waals surface area contributed by atoms with E-state index in [4.69, 9.17) is 9.84 Å². The van der Waals surface area contributed by atoms with Crippen LogP contribution in [0.2, 0.25) is 0 Å². The molecule has 4 nitrogen and oxygen atoms in total. The molecule has 0 spiro atoms. The van der Waals surface area contributed by atoms with Crippen LogP contribution in [0.3, 0.4) is 0 Å². The fourth-order valence-electron chi connectivity index (χ4n) is 2.29. The second-order valence-electron chi connectivity index (χ2n) is 4.83. The van der Waals surface area contributed by atoms with Crippen LogP contribution in [-0.4, -0.2) is 16.2 Å². The van der Waals surface area contributed by atoms with Crippen LogP contribution in [0, 0.1) is 6.92 Å². The minimum atomic E-state index is -1.13. The predicted molar refractivity (Wildman–Crippen MR) is 80.0 cm³/mol. The lowest BCUT2D eigenvalue weighted by molar-refractivity contribution is 0.0692. The van der Waals surface area contributed by atoms with E-state index in [1.807, 2.05) is 37.3 Å². The Morgan fingerprint density at radius 3 is 2.48 bits per heavy atom. The van der Waals surface area contributed by atoms with Crippen molar-refractivity contribution in [2.45, 2.75) is 26.9 Å². The minimum absolute atomic E-state index is 0.0566. The van der Waals surface area contributed by atoms with Gasteiger partial charge >= 0.3 is 5.97 Å². The Balaban J connectivity index is 2.33. The maximum atomic E-state index is 11.2. The average molecular weight is 286 g/mol. The molecule has 0 saturated carbocycles. The summed E-state index contributed by atoms with van der Waals surface area (Å²) in [6.45, 7) is 3.88. The Morgan fingerprint density at radius 2 is 1.90 bits per heavy atom. The summed E-state index contributed by atoms with van der Waals surface area (Å²) in [5.41, 5.74) is 1.96. The largest absolute Gasteiger partial charge is 0.507 e. The van der Waals surface area contributed by atoms with E-state index in [9.17, 15) is 9.90 Å². The van der Waals surface area contributed by atoms with Crippen LogP contribution in [0.4, 0.5) is 0 Å². The fourth-order valence-corrected chi connectivity index (χ4v) is 2.29. The van der Waals surface area contributed by atoms with Crippen LogP contribution >= 0.6 is 0 Å². The van der Waals surface area contributed by atoms with E-state index in [1.54, 1.807) is 13.0 Å². The van der Waals surface area contributed by atoms with E-state index in [0.717, 1.165) is 5.56 Å². The third-order valence-corrected chi connectivity index (χ3v) is 3.37. The van der Waals surface area contributed by atoms with Crippen LogP contribution in [0.25, 0.3) is 0 Å². The molecule has 0 aliphatic carbocycles. The lowest BCUT2D eigenvalue weighted by Gasteiger charge is -2.15. The molecule has 0 atom stereocenters. The monoisotopic (exact) mass is 286 g/mol. The van der Waals surface area contributed by atoms with E-state index in [0.29, 0.717) is 29.9 Å². The molecule has 0 fully saturated rings. The number of benzene rings is 2. The third-order valence-electron chi connectivity index (χ3n) is 3.37. The Morgan fingerprint density at radius 1 is 1.24 bits per heavy atom. The molecule has 0 aliphatic heterocycles. The van der Waals surface area contributed by atoms with Crippen molar-refractivity contribution in [3.05, 3.63) is 58.7 Å². The zero-order chi connectivity index (χ0) is 15.4. The standard InChI is InChI=1S/C17H18O4/c1-3-13-14(21-10-12-7-5-4-6-8-12)9-11(2)15(16(13)18)17(19)20/h4-9,18H,3,10H2,1-2H3,(H,19,20). The first-order chi connectivity index (χ1) is 10.0. The maximum Gasteiger partial charge on any atom is 0.339 e. The highest BCUT2D eigenvalue weighted by atomic mass is 16.5. The van der Waals surface area contributed by atoms with E-state index in [-0.39, 0.29) is 11.3 Å². The fraction of sp³-hybridized carbons (Fsp3) is 0.235. The second-order valence-corrected chi connectivity index (χ2v) is 4.83. The van der Waals surface area contributed by atoms with Gasteiger partial charge in [-0.2, -0.15) is 0 Å². The summed E-state index contributed by atoms with van der Waals surface area (Å²) in [5, 5.41) is 19.3. The summed E-state index contributed by atoms with van der Waals surface area (Å²) in [4.78, 5) is 11.2. The van der Waals surface area contributed by atoms with Gasteiger partial charge in [0.1, 0.15) is 23.7 Å². The Hall–Kier alpha value is -2.49. The van der Waals surface area contributed by atoms with Gasteiger partial charge in [0.05, 0.1) is 0 Å². The van der Waals surface area contributed by atoms with Crippen molar-refractivity contribution in [3.8, 4) is 11.5 Å². The predicted octanol–water partition coefficient (Wildman–Crippen LogP) is 3.54. The summed E-state index contributed by atoms with van der Waals surface area (Å²) < 4.78 is 5.76. The quantitative estimate of drug-likeness (QED) is 0.882. The van der Waals surface area contributed by atoms with Crippen molar-refractivity contribution < 1.29 is 19.7 Å². The topological polar surface area (TPSA) is 66.8 Å². The highest BCUT2D eigenvalue weighted by molar-refractivity contribution is 5.93.